The smallest absolute Gasteiger partial charge is 0.339 e. The number of aromatic carboxylic acids is 1. The van der Waals surface area contributed by atoms with Crippen LogP contribution in [0.25, 0.3) is 23.1 Å². The molecule has 180 valence electrons. The third-order valence-corrected chi connectivity index (χ3v) is 5.57. The van der Waals surface area contributed by atoms with Gasteiger partial charge >= 0.3 is 5.97 Å². The van der Waals surface area contributed by atoms with Gasteiger partial charge in [-0.2, -0.15) is 0 Å². The monoisotopic (exact) mass is 501 g/mol. The maximum absolute atomic E-state index is 13.5. The Labute approximate surface area is 212 Å². The number of carboxylic acid groups (broad SMARTS) is 1. The minimum atomic E-state index is -1.29. The predicted molar refractivity (Wildman–Crippen MR) is 139 cm³/mol. The van der Waals surface area contributed by atoms with E-state index in [-0.39, 0.29) is 24.5 Å². The van der Waals surface area contributed by atoms with E-state index in [1.54, 1.807) is 0 Å². The lowest BCUT2D eigenvalue weighted by Gasteiger charge is -2.19. The van der Waals surface area contributed by atoms with Crippen molar-refractivity contribution in [2.45, 2.75) is 6.10 Å². The highest BCUT2D eigenvalue weighted by molar-refractivity contribution is 6.31. The summed E-state index contributed by atoms with van der Waals surface area (Å²) in [5.74, 6) is 0.515. The lowest BCUT2D eigenvalue weighted by Crippen LogP contribution is -2.16. The van der Waals surface area contributed by atoms with Crippen LogP contribution >= 0.6 is 11.6 Å². The third kappa shape index (κ3) is 6.28. The highest BCUT2D eigenvalue weighted by Crippen LogP contribution is 2.25. The Bertz CT molecular complexity index is 1480. The predicted octanol–water partition coefficient (Wildman–Crippen LogP) is 6.67. The van der Waals surface area contributed by atoms with Crippen molar-refractivity contribution < 1.29 is 23.8 Å². The van der Waals surface area contributed by atoms with Gasteiger partial charge in [-0.3, -0.25) is 0 Å². The quantitative estimate of drug-likeness (QED) is 0.259. The number of carbonyl (C=O) groups is 1. The minimum Gasteiger partial charge on any atom is -0.490 e. The van der Waals surface area contributed by atoms with Crippen molar-refractivity contribution in [2.24, 2.45) is 0 Å². The molecule has 1 heterocycles. The summed E-state index contributed by atoms with van der Waals surface area (Å²) in [6, 6.07) is 20.4. The fourth-order valence-corrected chi connectivity index (χ4v) is 3.76. The zero-order valence-corrected chi connectivity index (χ0v) is 19.8. The van der Waals surface area contributed by atoms with Crippen LogP contribution in [0.15, 0.2) is 72.8 Å². The number of hydrogen-bond acceptors (Lipinski definition) is 4. The maximum Gasteiger partial charge on any atom is 0.339 e. The summed E-state index contributed by atoms with van der Waals surface area (Å²) in [6.45, 7) is 0.0145. The van der Waals surface area contributed by atoms with Gasteiger partial charge in [0.25, 0.3) is 0 Å². The van der Waals surface area contributed by atoms with E-state index in [1.165, 1.54) is 6.07 Å². The first-order valence-electron chi connectivity index (χ1n) is 11.0. The van der Waals surface area contributed by atoms with Crippen molar-refractivity contribution in [1.29, 1.82) is 0 Å². The molecule has 0 fully saturated rings. The average Bonchev–Trinajstić information content (AvgIpc) is 2.88. The van der Waals surface area contributed by atoms with Crippen LogP contribution in [0.5, 0.6) is 5.75 Å². The molecular weight excluding hydrogens is 481 g/mol. The van der Waals surface area contributed by atoms with Gasteiger partial charge in [0.05, 0.1) is 11.2 Å². The molecule has 0 aliphatic heterocycles. The summed E-state index contributed by atoms with van der Waals surface area (Å²) in [7, 11) is 0. The number of nitrogens with zero attached hydrogens (tertiary/aromatic N) is 1. The van der Waals surface area contributed by atoms with Crippen LogP contribution in [0.1, 0.15) is 33.3 Å². The van der Waals surface area contributed by atoms with Crippen LogP contribution in [-0.4, -0.2) is 29.3 Å². The molecule has 1 unspecified atom stereocenters. The highest BCUT2D eigenvalue weighted by atomic mass is 35.5. The SMILES string of the molecule is C#CCOC(COc1ccc(F)cc1C(=O)O)c1cccc(/C=C/c2ccc3ccc(Cl)cc3n2)c1. The molecule has 0 aliphatic carbocycles. The molecule has 3 aromatic carbocycles. The third-order valence-electron chi connectivity index (χ3n) is 5.33. The van der Waals surface area contributed by atoms with E-state index in [4.69, 9.17) is 27.5 Å². The number of hydrogen-bond donors (Lipinski definition) is 1. The number of pyridine rings is 1. The van der Waals surface area contributed by atoms with Crippen LogP contribution in [0.4, 0.5) is 4.39 Å². The van der Waals surface area contributed by atoms with E-state index < -0.39 is 17.9 Å². The molecule has 4 aromatic rings. The molecule has 0 radical (unpaired) electrons. The maximum atomic E-state index is 13.5. The Balaban J connectivity index is 1.54. The van der Waals surface area contributed by atoms with E-state index >= 15 is 0 Å². The number of halogens is 2. The average molecular weight is 502 g/mol. The van der Waals surface area contributed by atoms with E-state index in [0.29, 0.717) is 5.02 Å². The molecule has 0 bridgehead atoms. The fraction of sp³-hybridized carbons (Fsp3) is 0.103. The normalized spacial score (nSPS) is 11.9. The van der Waals surface area contributed by atoms with Crippen LogP contribution in [-0.2, 0) is 4.74 Å². The Kier molecular flexibility index (Phi) is 7.96. The number of rotatable bonds is 9. The van der Waals surface area contributed by atoms with E-state index in [0.717, 1.165) is 39.9 Å². The van der Waals surface area contributed by atoms with Gasteiger partial charge in [0.2, 0.25) is 0 Å². The van der Waals surface area contributed by atoms with Gasteiger partial charge in [-0.25, -0.2) is 14.2 Å². The first kappa shape index (κ1) is 24.9. The number of aromatic nitrogens is 1. The molecule has 0 saturated carbocycles. The number of benzene rings is 3. The summed E-state index contributed by atoms with van der Waals surface area (Å²) >= 11 is 6.08. The van der Waals surface area contributed by atoms with Crippen molar-refractivity contribution in [2.75, 3.05) is 13.2 Å². The molecule has 0 aliphatic rings. The molecule has 7 heteroatoms. The van der Waals surface area contributed by atoms with Gasteiger partial charge in [0.1, 0.15) is 36.4 Å². The lowest BCUT2D eigenvalue weighted by atomic mass is 10.1. The summed E-state index contributed by atoms with van der Waals surface area (Å²) in [5, 5.41) is 11.0. The van der Waals surface area contributed by atoms with Crippen molar-refractivity contribution in [3.8, 4) is 18.1 Å². The van der Waals surface area contributed by atoms with Crippen molar-refractivity contribution >= 4 is 40.6 Å². The van der Waals surface area contributed by atoms with Gasteiger partial charge in [-0.15, -0.1) is 6.42 Å². The van der Waals surface area contributed by atoms with Crippen LogP contribution in [0, 0.1) is 18.2 Å². The Morgan fingerprint density at radius 3 is 2.75 bits per heavy atom. The fourth-order valence-electron chi connectivity index (χ4n) is 3.59. The number of fused-ring (bicyclic) bond motifs is 1. The van der Waals surface area contributed by atoms with Gasteiger partial charge in [0.15, 0.2) is 0 Å². The summed E-state index contributed by atoms with van der Waals surface area (Å²) in [4.78, 5) is 16.1. The number of carboxylic acids is 1. The van der Waals surface area contributed by atoms with Gasteiger partial charge < -0.3 is 14.6 Å². The largest absolute Gasteiger partial charge is 0.490 e. The summed E-state index contributed by atoms with van der Waals surface area (Å²) in [6.07, 6.45) is 8.60. The Morgan fingerprint density at radius 2 is 1.94 bits per heavy atom. The minimum absolute atomic E-state index is 0.0201. The first-order valence-corrected chi connectivity index (χ1v) is 11.4. The molecule has 4 rings (SSSR count). The molecule has 36 heavy (non-hydrogen) atoms. The summed E-state index contributed by atoms with van der Waals surface area (Å²) in [5.41, 5.74) is 2.98. The number of ether oxygens (including phenoxy) is 2. The molecule has 1 atom stereocenters. The summed E-state index contributed by atoms with van der Waals surface area (Å²) < 4.78 is 25.0. The molecule has 0 spiro atoms. The van der Waals surface area contributed by atoms with Crippen molar-refractivity contribution in [1.82, 2.24) is 4.98 Å². The second kappa shape index (κ2) is 11.5. The second-order valence-electron chi connectivity index (χ2n) is 7.84. The van der Waals surface area contributed by atoms with Gasteiger partial charge in [0, 0.05) is 10.4 Å². The molecule has 5 nitrogen and oxygen atoms in total. The van der Waals surface area contributed by atoms with E-state index in [1.807, 2.05) is 66.7 Å². The molecule has 1 aromatic heterocycles. The van der Waals surface area contributed by atoms with Gasteiger partial charge in [-0.05, 0) is 59.7 Å². The van der Waals surface area contributed by atoms with Crippen molar-refractivity contribution in [3.63, 3.8) is 0 Å². The highest BCUT2D eigenvalue weighted by Gasteiger charge is 2.17. The standard InChI is InChI=1S/C29H21ClFNO4/c1-2-14-35-28(18-36-27-13-10-23(31)17-25(27)29(33)34)21-5-3-4-19(15-21)6-11-24-12-8-20-7-9-22(30)16-26(20)32-24/h1,3-13,15-17,28H,14,18H2,(H,33,34)/b11-6+. The molecular formula is C29H21ClFNO4. The first-order chi connectivity index (χ1) is 17.4. The molecule has 1 N–H and O–H groups in total. The van der Waals surface area contributed by atoms with Crippen LogP contribution in [0.2, 0.25) is 5.02 Å². The van der Waals surface area contributed by atoms with E-state index in [9.17, 15) is 14.3 Å². The van der Waals surface area contributed by atoms with Crippen LogP contribution in [0.3, 0.4) is 0 Å². The number of terminal acetylenes is 1. The zero-order chi connectivity index (χ0) is 25.5. The topological polar surface area (TPSA) is 68.7 Å². The second-order valence-corrected chi connectivity index (χ2v) is 8.27. The van der Waals surface area contributed by atoms with Crippen LogP contribution < -0.4 is 4.74 Å². The van der Waals surface area contributed by atoms with E-state index in [2.05, 4.69) is 10.9 Å². The van der Waals surface area contributed by atoms with Crippen molar-refractivity contribution in [3.05, 3.63) is 106 Å². The Morgan fingerprint density at radius 1 is 1.11 bits per heavy atom. The molecule has 0 amide bonds. The lowest BCUT2D eigenvalue weighted by molar-refractivity contribution is 0.0375. The Hall–Kier alpha value is -4.18. The molecule has 0 saturated heterocycles. The van der Waals surface area contributed by atoms with Gasteiger partial charge in [-0.1, -0.05) is 53.9 Å². The zero-order valence-electron chi connectivity index (χ0n) is 19.0.